The number of carbonyl (C=O) groups is 3. The van der Waals surface area contributed by atoms with Gasteiger partial charge in [0.2, 0.25) is 0 Å². The molecule has 10 heteroatoms. The number of rotatable bonds is 6. The number of carboxylic acid groups (broad SMARTS) is 2. The number of benzene rings is 1. The van der Waals surface area contributed by atoms with Crippen molar-refractivity contribution in [1.82, 2.24) is 5.32 Å². The maximum Gasteiger partial charge on any atom is 0.326 e. The van der Waals surface area contributed by atoms with E-state index in [0.717, 1.165) is 12.1 Å². The largest absolute Gasteiger partial charge is 0.481 e. The predicted octanol–water partition coefficient (Wildman–Crippen LogP) is 0.392. The van der Waals surface area contributed by atoms with Crippen LogP contribution in [0.25, 0.3) is 0 Å². The molecule has 0 heterocycles. The van der Waals surface area contributed by atoms with E-state index in [1.807, 2.05) is 5.32 Å². The molecule has 0 aliphatic carbocycles. The van der Waals surface area contributed by atoms with Gasteiger partial charge < -0.3 is 15.5 Å². The molecule has 21 heavy (non-hydrogen) atoms. The summed E-state index contributed by atoms with van der Waals surface area (Å²) in [5, 5.41) is 29.5. The van der Waals surface area contributed by atoms with E-state index in [4.69, 9.17) is 10.2 Å². The molecule has 1 atom stereocenters. The second kappa shape index (κ2) is 6.41. The molecule has 1 aromatic rings. The van der Waals surface area contributed by atoms with E-state index in [1.165, 1.54) is 0 Å². The van der Waals surface area contributed by atoms with Crippen molar-refractivity contribution in [1.29, 1.82) is 0 Å². The Labute approximate surface area is 116 Å². The average molecular weight is 300 g/mol. The van der Waals surface area contributed by atoms with Crippen molar-refractivity contribution in [2.75, 3.05) is 0 Å². The number of nitro groups is 1. The Morgan fingerprint density at radius 2 is 1.95 bits per heavy atom. The van der Waals surface area contributed by atoms with E-state index in [-0.39, 0.29) is 0 Å². The molecule has 0 aliphatic rings. The van der Waals surface area contributed by atoms with Gasteiger partial charge in [-0.3, -0.25) is 19.7 Å². The van der Waals surface area contributed by atoms with Crippen LogP contribution in [0.15, 0.2) is 18.2 Å². The third-order valence-electron chi connectivity index (χ3n) is 2.39. The van der Waals surface area contributed by atoms with E-state index < -0.39 is 52.3 Å². The fraction of sp³-hybridized carbons (Fsp3) is 0.182. The highest BCUT2D eigenvalue weighted by molar-refractivity contribution is 5.97. The fourth-order valence-corrected chi connectivity index (χ4v) is 1.41. The number of aliphatic carboxylic acids is 2. The van der Waals surface area contributed by atoms with Crippen molar-refractivity contribution < 1.29 is 33.9 Å². The molecule has 1 aromatic carbocycles. The lowest BCUT2D eigenvalue weighted by Gasteiger charge is -2.12. The van der Waals surface area contributed by atoms with E-state index in [0.29, 0.717) is 6.07 Å². The van der Waals surface area contributed by atoms with Crippen molar-refractivity contribution in [2.45, 2.75) is 12.5 Å². The number of hydrogen-bond acceptors (Lipinski definition) is 5. The van der Waals surface area contributed by atoms with Crippen LogP contribution < -0.4 is 5.32 Å². The number of nitrogens with zero attached hydrogens (tertiary/aromatic N) is 1. The summed E-state index contributed by atoms with van der Waals surface area (Å²) in [4.78, 5) is 42.4. The SMILES string of the molecule is O=C(O)C[C@H](NC(=O)c1ccc([N+](=O)[O-])cc1F)C(=O)O. The van der Waals surface area contributed by atoms with Crippen molar-refractivity contribution in [3.63, 3.8) is 0 Å². The average Bonchev–Trinajstić information content (AvgIpc) is 2.36. The molecule has 0 radical (unpaired) electrons. The molecule has 0 aliphatic heterocycles. The molecular formula is C11H9FN2O7. The number of carbonyl (C=O) groups excluding carboxylic acids is 1. The minimum Gasteiger partial charge on any atom is -0.481 e. The molecule has 0 bridgehead atoms. The van der Waals surface area contributed by atoms with Gasteiger partial charge in [0.25, 0.3) is 11.6 Å². The maximum atomic E-state index is 13.5. The smallest absolute Gasteiger partial charge is 0.326 e. The zero-order valence-electron chi connectivity index (χ0n) is 10.3. The molecule has 9 nitrogen and oxygen atoms in total. The molecule has 0 fully saturated rings. The van der Waals surface area contributed by atoms with E-state index in [9.17, 15) is 28.9 Å². The van der Waals surface area contributed by atoms with Gasteiger partial charge in [0.05, 0.1) is 23.0 Å². The van der Waals surface area contributed by atoms with Gasteiger partial charge in [-0.25, -0.2) is 9.18 Å². The third kappa shape index (κ3) is 4.23. The number of nitro benzene ring substituents is 1. The highest BCUT2D eigenvalue weighted by Crippen LogP contribution is 2.16. The molecule has 1 amide bonds. The number of amides is 1. The van der Waals surface area contributed by atoms with Crippen molar-refractivity contribution in [3.05, 3.63) is 39.7 Å². The summed E-state index contributed by atoms with van der Waals surface area (Å²) in [6.07, 6.45) is -0.893. The monoisotopic (exact) mass is 300 g/mol. The molecule has 0 aromatic heterocycles. The third-order valence-corrected chi connectivity index (χ3v) is 2.39. The normalized spacial score (nSPS) is 11.5. The topological polar surface area (TPSA) is 147 Å². The van der Waals surface area contributed by atoms with Crippen LogP contribution in [0.2, 0.25) is 0 Å². The van der Waals surface area contributed by atoms with E-state index in [1.54, 1.807) is 0 Å². The minimum atomic E-state index is -1.75. The summed E-state index contributed by atoms with van der Waals surface area (Å²) in [5.74, 6) is -5.47. The van der Waals surface area contributed by atoms with Crippen LogP contribution in [0, 0.1) is 15.9 Å². The summed E-state index contributed by atoms with van der Waals surface area (Å²) < 4.78 is 13.5. The van der Waals surface area contributed by atoms with Crippen molar-refractivity contribution in [2.24, 2.45) is 0 Å². The molecule has 112 valence electrons. The molecule has 0 saturated carbocycles. The molecule has 0 spiro atoms. The zero-order chi connectivity index (χ0) is 16.2. The maximum absolute atomic E-state index is 13.5. The number of hydrogen-bond donors (Lipinski definition) is 3. The van der Waals surface area contributed by atoms with Crippen LogP contribution in [-0.4, -0.2) is 39.0 Å². The summed E-state index contributed by atoms with van der Waals surface area (Å²) >= 11 is 0. The first-order valence-electron chi connectivity index (χ1n) is 5.41. The first-order valence-corrected chi connectivity index (χ1v) is 5.41. The summed E-state index contributed by atoms with van der Waals surface area (Å²) in [5.41, 5.74) is -1.21. The van der Waals surface area contributed by atoms with Crippen LogP contribution in [-0.2, 0) is 9.59 Å². The van der Waals surface area contributed by atoms with Gasteiger partial charge in [-0.1, -0.05) is 0 Å². The van der Waals surface area contributed by atoms with Gasteiger partial charge in [0.15, 0.2) is 0 Å². The molecule has 3 N–H and O–H groups in total. The van der Waals surface area contributed by atoms with Crippen molar-refractivity contribution >= 4 is 23.5 Å². The second-order valence-corrected chi connectivity index (χ2v) is 3.88. The van der Waals surface area contributed by atoms with Crippen molar-refractivity contribution in [3.8, 4) is 0 Å². The summed E-state index contributed by atoms with van der Waals surface area (Å²) in [6.45, 7) is 0. The molecular weight excluding hydrogens is 291 g/mol. The molecule has 1 rings (SSSR count). The Balaban J connectivity index is 2.95. The van der Waals surface area contributed by atoms with Crippen LogP contribution in [0.1, 0.15) is 16.8 Å². The first kappa shape index (κ1) is 16.0. The predicted molar refractivity (Wildman–Crippen MR) is 64.2 cm³/mol. The zero-order valence-corrected chi connectivity index (χ0v) is 10.3. The van der Waals surface area contributed by atoms with Crippen LogP contribution in [0.3, 0.4) is 0 Å². The number of carboxylic acids is 2. The Morgan fingerprint density at radius 3 is 2.38 bits per heavy atom. The van der Waals surface area contributed by atoms with Gasteiger partial charge in [-0.05, 0) is 6.07 Å². The summed E-state index contributed by atoms with van der Waals surface area (Å²) in [7, 11) is 0. The quantitative estimate of drug-likeness (QED) is 0.508. The van der Waals surface area contributed by atoms with Crippen LogP contribution >= 0.6 is 0 Å². The van der Waals surface area contributed by atoms with Crippen LogP contribution in [0.5, 0.6) is 0 Å². The van der Waals surface area contributed by atoms with Gasteiger partial charge in [-0.2, -0.15) is 0 Å². The number of halogens is 1. The lowest BCUT2D eigenvalue weighted by Crippen LogP contribution is -2.42. The fourth-order valence-electron chi connectivity index (χ4n) is 1.41. The van der Waals surface area contributed by atoms with Gasteiger partial charge in [-0.15, -0.1) is 0 Å². The highest BCUT2D eigenvalue weighted by Gasteiger charge is 2.25. The number of non-ortho nitro benzene ring substituents is 1. The Morgan fingerprint density at radius 1 is 1.33 bits per heavy atom. The van der Waals surface area contributed by atoms with E-state index >= 15 is 0 Å². The lowest BCUT2D eigenvalue weighted by atomic mass is 10.1. The first-order chi connectivity index (χ1) is 9.72. The molecule has 0 saturated heterocycles. The van der Waals surface area contributed by atoms with E-state index in [2.05, 4.69) is 0 Å². The molecule has 0 unspecified atom stereocenters. The second-order valence-electron chi connectivity index (χ2n) is 3.88. The standard InChI is InChI=1S/C11H9FN2O7/c12-7-3-5(14(20)21)1-2-6(7)10(17)13-8(11(18)19)4-9(15)16/h1-3,8H,4H2,(H,13,17)(H,15,16)(H,18,19)/t8-/m0/s1. The van der Waals surface area contributed by atoms with Crippen LogP contribution in [0.4, 0.5) is 10.1 Å². The highest BCUT2D eigenvalue weighted by atomic mass is 19.1. The van der Waals surface area contributed by atoms with Gasteiger partial charge >= 0.3 is 11.9 Å². The number of nitrogens with one attached hydrogen (secondary N) is 1. The minimum absolute atomic E-state index is 0.502. The summed E-state index contributed by atoms with van der Waals surface area (Å²) in [6, 6.07) is 0.430. The Bertz CT molecular complexity index is 617. The Kier molecular flexibility index (Phi) is 4.89. The van der Waals surface area contributed by atoms with Gasteiger partial charge in [0.1, 0.15) is 11.9 Å². The Hall–Kier alpha value is -3.04. The van der Waals surface area contributed by atoms with Gasteiger partial charge in [0, 0.05) is 6.07 Å². The lowest BCUT2D eigenvalue weighted by molar-refractivity contribution is -0.385.